The second-order valence-electron chi connectivity index (χ2n) is 7.01. The zero-order valence-corrected chi connectivity index (χ0v) is 15.6. The summed E-state index contributed by atoms with van der Waals surface area (Å²) < 4.78 is 0. The number of nitrogens with zero attached hydrogens (tertiary/aromatic N) is 1. The van der Waals surface area contributed by atoms with Crippen LogP contribution in [0.2, 0.25) is 0 Å². The number of hydrogen-bond acceptors (Lipinski definition) is 3. The van der Waals surface area contributed by atoms with Crippen molar-refractivity contribution in [2.75, 3.05) is 25.0 Å². The van der Waals surface area contributed by atoms with Gasteiger partial charge in [0.15, 0.2) is 0 Å². The normalized spacial score (nSPS) is 16.2. The van der Waals surface area contributed by atoms with Gasteiger partial charge in [0.1, 0.15) is 0 Å². The van der Waals surface area contributed by atoms with Gasteiger partial charge < -0.3 is 15.5 Å². The van der Waals surface area contributed by atoms with Crippen molar-refractivity contribution < 1.29 is 14.4 Å². The average Bonchev–Trinajstić information content (AvgIpc) is 3.27. The van der Waals surface area contributed by atoms with E-state index in [9.17, 15) is 14.4 Å². The fraction of sp³-hybridized carbons (Fsp3) is 0.381. The van der Waals surface area contributed by atoms with Crippen LogP contribution in [0.5, 0.6) is 0 Å². The molecule has 1 aliphatic heterocycles. The van der Waals surface area contributed by atoms with E-state index >= 15 is 0 Å². The minimum Gasteiger partial charge on any atom is -0.352 e. The number of amides is 3. The van der Waals surface area contributed by atoms with Crippen molar-refractivity contribution in [3.63, 3.8) is 0 Å². The Bertz CT molecular complexity index is 811. The van der Waals surface area contributed by atoms with Crippen molar-refractivity contribution >= 4 is 23.4 Å². The molecule has 1 aromatic rings. The molecule has 0 atom stereocenters. The van der Waals surface area contributed by atoms with E-state index in [1.807, 2.05) is 24.0 Å². The van der Waals surface area contributed by atoms with Crippen LogP contribution in [0.3, 0.4) is 0 Å². The number of allylic oxidation sites excluding steroid dienone is 3. The summed E-state index contributed by atoms with van der Waals surface area (Å²) in [6, 6.07) is 6.91. The highest BCUT2D eigenvalue weighted by molar-refractivity contribution is 6.05. The SMILES string of the molecule is CC1=CC=C(C(=O)Nc2cccc(C(=O)NCCCN3CCCC3=O)c2)C1. The molecule has 1 saturated heterocycles. The highest BCUT2D eigenvalue weighted by Crippen LogP contribution is 2.20. The van der Waals surface area contributed by atoms with Crippen LogP contribution in [0.25, 0.3) is 0 Å². The minimum atomic E-state index is -0.184. The predicted octanol–water partition coefficient (Wildman–Crippen LogP) is 2.64. The summed E-state index contributed by atoms with van der Waals surface area (Å²) in [5.74, 6) is -0.125. The molecule has 0 spiro atoms. The van der Waals surface area contributed by atoms with Crippen LogP contribution in [-0.4, -0.2) is 42.3 Å². The molecule has 0 saturated carbocycles. The number of hydrogen-bond donors (Lipinski definition) is 2. The van der Waals surface area contributed by atoms with E-state index in [4.69, 9.17) is 0 Å². The maximum atomic E-state index is 12.3. The van der Waals surface area contributed by atoms with Crippen molar-refractivity contribution in [3.8, 4) is 0 Å². The molecule has 27 heavy (non-hydrogen) atoms. The number of nitrogens with one attached hydrogen (secondary N) is 2. The second kappa shape index (κ2) is 8.66. The van der Waals surface area contributed by atoms with E-state index in [2.05, 4.69) is 10.6 Å². The van der Waals surface area contributed by atoms with Gasteiger partial charge in [0.05, 0.1) is 0 Å². The number of carbonyl (C=O) groups is 3. The quantitative estimate of drug-likeness (QED) is 0.727. The molecule has 0 radical (unpaired) electrons. The third-order valence-corrected chi connectivity index (χ3v) is 4.77. The molecule has 2 N–H and O–H groups in total. The predicted molar refractivity (Wildman–Crippen MR) is 104 cm³/mol. The van der Waals surface area contributed by atoms with Gasteiger partial charge in [0, 0.05) is 42.9 Å². The van der Waals surface area contributed by atoms with Gasteiger partial charge in [-0.25, -0.2) is 0 Å². The molecule has 6 heteroatoms. The van der Waals surface area contributed by atoms with Gasteiger partial charge in [0.2, 0.25) is 5.91 Å². The third kappa shape index (κ3) is 5.06. The zero-order valence-electron chi connectivity index (χ0n) is 15.6. The first kappa shape index (κ1) is 18.9. The summed E-state index contributed by atoms with van der Waals surface area (Å²) >= 11 is 0. The van der Waals surface area contributed by atoms with Crippen molar-refractivity contribution in [2.24, 2.45) is 0 Å². The molecule has 3 amide bonds. The Labute approximate surface area is 159 Å². The van der Waals surface area contributed by atoms with Crippen LogP contribution in [0, 0.1) is 0 Å². The Morgan fingerprint density at radius 2 is 2.04 bits per heavy atom. The first-order chi connectivity index (χ1) is 13.0. The molecule has 142 valence electrons. The van der Waals surface area contributed by atoms with Crippen LogP contribution in [0.1, 0.15) is 43.0 Å². The van der Waals surface area contributed by atoms with E-state index in [1.54, 1.807) is 24.3 Å². The molecule has 6 nitrogen and oxygen atoms in total. The van der Waals surface area contributed by atoms with E-state index in [0.717, 1.165) is 30.5 Å². The standard InChI is InChI=1S/C21H25N3O3/c1-15-8-9-17(13-15)21(27)23-18-6-2-5-16(14-18)20(26)22-10-4-12-24-11-3-7-19(24)25/h2,5-6,8-9,14H,3-4,7,10-13H2,1H3,(H,22,26)(H,23,27). The monoisotopic (exact) mass is 367 g/mol. The Morgan fingerprint density at radius 3 is 2.74 bits per heavy atom. The molecular formula is C21H25N3O3. The lowest BCUT2D eigenvalue weighted by Crippen LogP contribution is -2.30. The van der Waals surface area contributed by atoms with Gasteiger partial charge in [-0.05, 0) is 44.4 Å². The van der Waals surface area contributed by atoms with Gasteiger partial charge in [-0.3, -0.25) is 14.4 Å². The Morgan fingerprint density at radius 1 is 1.19 bits per heavy atom. The van der Waals surface area contributed by atoms with Crippen LogP contribution in [-0.2, 0) is 9.59 Å². The van der Waals surface area contributed by atoms with E-state index in [1.165, 1.54) is 0 Å². The number of rotatable bonds is 7. The van der Waals surface area contributed by atoms with E-state index in [-0.39, 0.29) is 17.7 Å². The van der Waals surface area contributed by atoms with Crippen LogP contribution < -0.4 is 10.6 Å². The second-order valence-corrected chi connectivity index (χ2v) is 7.01. The summed E-state index contributed by atoms with van der Waals surface area (Å²) in [7, 11) is 0. The van der Waals surface area contributed by atoms with Crippen molar-refractivity contribution in [3.05, 3.63) is 53.1 Å². The minimum absolute atomic E-state index is 0.143. The first-order valence-corrected chi connectivity index (χ1v) is 9.36. The molecule has 1 aliphatic carbocycles. The topological polar surface area (TPSA) is 78.5 Å². The summed E-state index contributed by atoms with van der Waals surface area (Å²) in [4.78, 5) is 38.0. The smallest absolute Gasteiger partial charge is 0.251 e. The lowest BCUT2D eigenvalue weighted by atomic mass is 10.1. The molecule has 2 aliphatic rings. The van der Waals surface area contributed by atoms with Crippen LogP contribution in [0.4, 0.5) is 5.69 Å². The van der Waals surface area contributed by atoms with E-state index in [0.29, 0.717) is 37.2 Å². The van der Waals surface area contributed by atoms with Gasteiger partial charge in [-0.2, -0.15) is 0 Å². The largest absolute Gasteiger partial charge is 0.352 e. The molecular weight excluding hydrogens is 342 g/mol. The van der Waals surface area contributed by atoms with Gasteiger partial charge in [-0.15, -0.1) is 0 Å². The number of anilines is 1. The lowest BCUT2D eigenvalue weighted by molar-refractivity contribution is -0.127. The third-order valence-electron chi connectivity index (χ3n) is 4.77. The molecule has 1 heterocycles. The maximum Gasteiger partial charge on any atom is 0.251 e. The molecule has 0 unspecified atom stereocenters. The Balaban J connectivity index is 1.47. The highest BCUT2D eigenvalue weighted by atomic mass is 16.2. The van der Waals surface area contributed by atoms with Crippen molar-refractivity contribution in [2.45, 2.75) is 32.6 Å². The lowest BCUT2D eigenvalue weighted by Gasteiger charge is -2.15. The molecule has 1 aromatic carbocycles. The van der Waals surface area contributed by atoms with Crippen molar-refractivity contribution in [1.82, 2.24) is 10.2 Å². The summed E-state index contributed by atoms with van der Waals surface area (Å²) in [6.45, 7) is 4.00. The van der Waals surface area contributed by atoms with E-state index < -0.39 is 0 Å². The van der Waals surface area contributed by atoms with Crippen LogP contribution in [0.15, 0.2) is 47.6 Å². The first-order valence-electron chi connectivity index (χ1n) is 9.36. The summed E-state index contributed by atoms with van der Waals surface area (Å²) in [6.07, 6.45) is 6.72. The molecule has 0 aromatic heterocycles. The number of benzene rings is 1. The summed E-state index contributed by atoms with van der Waals surface area (Å²) in [5.41, 5.74) is 2.98. The van der Waals surface area contributed by atoms with Gasteiger partial charge in [0.25, 0.3) is 11.8 Å². The fourth-order valence-corrected chi connectivity index (χ4v) is 3.28. The maximum absolute atomic E-state index is 12.3. The fourth-order valence-electron chi connectivity index (χ4n) is 3.28. The van der Waals surface area contributed by atoms with Gasteiger partial charge >= 0.3 is 0 Å². The van der Waals surface area contributed by atoms with Crippen LogP contribution >= 0.6 is 0 Å². The molecule has 1 fully saturated rings. The zero-order chi connectivity index (χ0) is 19.2. The molecule has 3 rings (SSSR count). The van der Waals surface area contributed by atoms with Crippen molar-refractivity contribution in [1.29, 1.82) is 0 Å². The highest BCUT2D eigenvalue weighted by Gasteiger charge is 2.19. The number of likely N-dealkylation sites (tertiary alicyclic amines) is 1. The Kier molecular flexibility index (Phi) is 6.06. The van der Waals surface area contributed by atoms with Gasteiger partial charge in [-0.1, -0.05) is 23.8 Å². The molecule has 0 bridgehead atoms. The number of carbonyl (C=O) groups excluding carboxylic acids is 3. The Hall–Kier alpha value is -2.89. The average molecular weight is 367 g/mol. The summed E-state index contributed by atoms with van der Waals surface area (Å²) in [5, 5.41) is 5.71.